The van der Waals surface area contributed by atoms with Gasteiger partial charge in [0.05, 0.1) is 4.53 Å². The molecule has 2 heterocycles. The van der Waals surface area contributed by atoms with E-state index in [4.69, 9.17) is 11.6 Å². The van der Waals surface area contributed by atoms with Gasteiger partial charge in [-0.15, -0.1) is 5.10 Å². The zero-order valence-electron chi connectivity index (χ0n) is 12.7. The minimum atomic E-state index is -0.165. The highest BCUT2D eigenvalue weighted by Gasteiger charge is 2.13. The van der Waals surface area contributed by atoms with Crippen molar-refractivity contribution in [3.05, 3.63) is 79.6 Å². The van der Waals surface area contributed by atoms with Crippen LogP contribution in [0.3, 0.4) is 0 Å². The predicted molar refractivity (Wildman–Crippen MR) is 97.5 cm³/mol. The first kappa shape index (κ1) is 15.1. The SMILES string of the molecule is Cc1ccccc1-c1nc2s/c(=C\c3cccc(Cl)c3)c(=O)n2n1. The topological polar surface area (TPSA) is 47.3 Å². The zero-order chi connectivity index (χ0) is 16.7. The van der Waals surface area contributed by atoms with Crippen molar-refractivity contribution in [2.24, 2.45) is 0 Å². The van der Waals surface area contributed by atoms with Crippen LogP contribution in [-0.2, 0) is 0 Å². The molecule has 2 aromatic heterocycles. The number of halogens is 1. The van der Waals surface area contributed by atoms with Gasteiger partial charge in [0.2, 0.25) is 4.96 Å². The van der Waals surface area contributed by atoms with E-state index >= 15 is 0 Å². The second kappa shape index (κ2) is 5.85. The lowest BCUT2D eigenvalue weighted by Crippen LogP contribution is -2.23. The number of benzene rings is 2. The summed E-state index contributed by atoms with van der Waals surface area (Å²) in [6.45, 7) is 2.00. The molecule has 0 unspecified atom stereocenters. The van der Waals surface area contributed by atoms with Crippen LogP contribution in [0.5, 0.6) is 0 Å². The molecule has 0 spiro atoms. The molecule has 0 amide bonds. The molecule has 0 aliphatic rings. The first-order valence-corrected chi connectivity index (χ1v) is 8.54. The minimum absolute atomic E-state index is 0.165. The number of thiazole rings is 1. The molecule has 6 heteroatoms. The molecular weight excluding hydrogens is 342 g/mol. The quantitative estimate of drug-likeness (QED) is 0.555. The highest BCUT2D eigenvalue weighted by molar-refractivity contribution is 7.15. The Balaban J connectivity index is 1.85. The van der Waals surface area contributed by atoms with Crippen molar-refractivity contribution < 1.29 is 0 Å². The smallest absolute Gasteiger partial charge is 0.266 e. The van der Waals surface area contributed by atoms with Crippen LogP contribution in [0, 0.1) is 6.92 Å². The molecule has 118 valence electrons. The lowest BCUT2D eigenvalue weighted by Gasteiger charge is -1.98. The summed E-state index contributed by atoms with van der Waals surface area (Å²) >= 11 is 7.31. The fourth-order valence-electron chi connectivity index (χ4n) is 2.52. The number of aromatic nitrogens is 3. The van der Waals surface area contributed by atoms with Crippen molar-refractivity contribution in [2.75, 3.05) is 0 Å². The summed E-state index contributed by atoms with van der Waals surface area (Å²) in [4.78, 5) is 17.7. The summed E-state index contributed by atoms with van der Waals surface area (Å²) in [5, 5.41) is 5.02. The van der Waals surface area contributed by atoms with Crippen LogP contribution in [0.1, 0.15) is 11.1 Å². The molecule has 0 N–H and O–H groups in total. The third-order valence-electron chi connectivity index (χ3n) is 3.71. The van der Waals surface area contributed by atoms with Crippen molar-refractivity contribution in [2.45, 2.75) is 6.92 Å². The molecule has 4 rings (SSSR count). The monoisotopic (exact) mass is 353 g/mol. The summed E-state index contributed by atoms with van der Waals surface area (Å²) in [7, 11) is 0. The van der Waals surface area contributed by atoms with Crippen LogP contribution in [0.2, 0.25) is 5.02 Å². The number of hydrogen-bond acceptors (Lipinski definition) is 4. The van der Waals surface area contributed by atoms with E-state index in [1.165, 1.54) is 15.9 Å². The Morgan fingerprint density at radius 3 is 2.75 bits per heavy atom. The summed E-state index contributed by atoms with van der Waals surface area (Å²) in [5.41, 5.74) is 2.73. The third-order valence-corrected chi connectivity index (χ3v) is 4.91. The second-order valence-electron chi connectivity index (χ2n) is 5.42. The molecule has 0 atom stereocenters. The molecule has 24 heavy (non-hydrogen) atoms. The third kappa shape index (κ3) is 2.62. The first-order chi connectivity index (χ1) is 11.6. The molecule has 0 aliphatic carbocycles. The molecule has 0 radical (unpaired) electrons. The van der Waals surface area contributed by atoms with E-state index < -0.39 is 0 Å². The molecule has 0 saturated carbocycles. The van der Waals surface area contributed by atoms with Crippen molar-refractivity contribution in [3.63, 3.8) is 0 Å². The van der Waals surface area contributed by atoms with E-state index in [1.54, 1.807) is 6.07 Å². The van der Waals surface area contributed by atoms with Gasteiger partial charge in [0.25, 0.3) is 5.56 Å². The van der Waals surface area contributed by atoms with Crippen LogP contribution in [0.25, 0.3) is 22.4 Å². The van der Waals surface area contributed by atoms with Crippen LogP contribution in [0.4, 0.5) is 0 Å². The summed E-state index contributed by atoms with van der Waals surface area (Å²) in [5.74, 6) is 0.575. The van der Waals surface area contributed by atoms with Gasteiger partial charge in [-0.1, -0.05) is 59.3 Å². The van der Waals surface area contributed by atoms with Crippen LogP contribution in [0.15, 0.2) is 53.3 Å². The van der Waals surface area contributed by atoms with Gasteiger partial charge >= 0.3 is 0 Å². The normalized spacial score (nSPS) is 12.2. The molecule has 0 saturated heterocycles. The van der Waals surface area contributed by atoms with Gasteiger partial charge in [0.15, 0.2) is 5.82 Å². The number of aryl methyl sites for hydroxylation is 1. The standard InChI is InChI=1S/C18H12ClN3OS/c1-11-5-2-3-8-14(11)16-20-18-22(21-16)17(23)15(24-18)10-12-6-4-7-13(19)9-12/h2-10H,1H3/b15-10-. The molecule has 2 aromatic carbocycles. The number of fused-ring (bicyclic) bond motifs is 1. The number of rotatable bonds is 2. The van der Waals surface area contributed by atoms with E-state index in [0.717, 1.165) is 16.7 Å². The molecular formula is C18H12ClN3OS. The van der Waals surface area contributed by atoms with Gasteiger partial charge < -0.3 is 0 Å². The molecule has 0 aliphatic heterocycles. The fourth-order valence-corrected chi connectivity index (χ4v) is 3.63. The van der Waals surface area contributed by atoms with E-state index in [0.29, 0.717) is 20.3 Å². The van der Waals surface area contributed by atoms with Gasteiger partial charge in [0, 0.05) is 10.6 Å². The van der Waals surface area contributed by atoms with Gasteiger partial charge in [-0.2, -0.15) is 9.50 Å². The average Bonchev–Trinajstić information content (AvgIpc) is 3.08. The minimum Gasteiger partial charge on any atom is -0.266 e. The number of nitrogens with zero attached hydrogens (tertiary/aromatic N) is 3. The predicted octanol–water partition coefficient (Wildman–Crippen LogP) is 3.33. The van der Waals surface area contributed by atoms with Crippen molar-refractivity contribution >= 4 is 34.0 Å². The summed E-state index contributed by atoms with van der Waals surface area (Å²) < 4.78 is 1.95. The maximum Gasteiger partial charge on any atom is 0.291 e. The molecule has 4 nitrogen and oxygen atoms in total. The van der Waals surface area contributed by atoms with E-state index in [2.05, 4.69) is 10.1 Å². The van der Waals surface area contributed by atoms with Gasteiger partial charge in [-0.25, -0.2) is 0 Å². The van der Waals surface area contributed by atoms with E-state index in [9.17, 15) is 4.79 Å². The zero-order valence-corrected chi connectivity index (χ0v) is 14.3. The Morgan fingerprint density at radius 1 is 1.17 bits per heavy atom. The largest absolute Gasteiger partial charge is 0.291 e. The Kier molecular flexibility index (Phi) is 3.67. The van der Waals surface area contributed by atoms with Crippen LogP contribution >= 0.6 is 22.9 Å². The lowest BCUT2D eigenvalue weighted by molar-refractivity contribution is 0.936. The van der Waals surface area contributed by atoms with Gasteiger partial charge in [-0.3, -0.25) is 4.79 Å². The van der Waals surface area contributed by atoms with Crippen LogP contribution in [-0.4, -0.2) is 14.6 Å². The lowest BCUT2D eigenvalue weighted by atomic mass is 10.1. The van der Waals surface area contributed by atoms with Crippen molar-refractivity contribution in [1.82, 2.24) is 14.6 Å². The fraction of sp³-hybridized carbons (Fsp3) is 0.0556. The molecule has 4 aromatic rings. The highest BCUT2D eigenvalue weighted by Crippen LogP contribution is 2.20. The van der Waals surface area contributed by atoms with Gasteiger partial charge in [-0.05, 0) is 36.3 Å². The van der Waals surface area contributed by atoms with E-state index in [1.807, 2.05) is 55.5 Å². The Bertz CT molecular complexity index is 1160. The van der Waals surface area contributed by atoms with E-state index in [-0.39, 0.29) is 5.56 Å². The van der Waals surface area contributed by atoms with Gasteiger partial charge in [0.1, 0.15) is 0 Å². The molecule has 0 bridgehead atoms. The maximum atomic E-state index is 12.6. The Hall–Kier alpha value is -2.50. The maximum absolute atomic E-state index is 12.6. The number of hydrogen-bond donors (Lipinski definition) is 0. The average molecular weight is 354 g/mol. The Morgan fingerprint density at radius 2 is 2.00 bits per heavy atom. The molecule has 0 fully saturated rings. The summed E-state index contributed by atoms with van der Waals surface area (Å²) in [6.07, 6.45) is 1.81. The Labute approximate surface area is 146 Å². The second-order valence-corrected chi connectivity index (χ2v) is 6.86. The van der Waals surface area contributed by atoms with Crippen molar-refractivity contribution in [1.29, 1.82) is 0 Å². The highest BCUT2D eigenvalue weighted by atomic mass is 35.5. The van der Waals surface area contributed by atoms with Crippen LogP contribution < -0.4 is 10.1 Å². The summed E-state index contributed by atoms with van der Waals surface area (Å²) in [6, 6.07) is 15.2. The first-order valence-electron chi connectivity index (χ1n) is 7.35. The van der Waals surface area contributed by atoms with Crippen molar-refractivity contribution in [3.8, 4) is 11.4 Å².